The molecular weight excluding hydrogens is 304 g/mol. The Morgan fingerprint density at radius 3 is 2.46 bits per heavy atom. The predicted octanol–water partition coefficient (Wildman–Crippen LogP) is 2.70. The molecule has 0 N–H and O–H groups in total. The number of hydrogen-bond acceptors (Lipinski definition) is 4. The second-order valence-corrected chi connectivity index (χ2v) is 6.30. The zero-order chi connectivity index (χ0) is 17.1. The normalized spacial score (nSPS) is 16.9. The molecule has 0 saturated carbocycles. The van der Waals surface area contributed by atoms with Gasteiger partial charge in [0.2, 0.25) is 5.89 Å². The van der Waals surface area contributed by atoms with Gasteiger partial charge in [-0.1, -0.05) is 30.3 Å². The first-order valence-corrected chi connectivity index (χ1v) is 8.27. The first-order valence-electron chi connectivity index (χ1n) is 8.27. The second-order valence-electron chi connectivity index (χ2n) is 6.30. The fraction of sp³-hybridized carbons (Fsp3) is 0.444. The zero-order valence-corrected chi connectivity index (χ0v) is 14.5. The molecule has 1 saturated heterocycles. The molecule has 2 aromatic rings. The summed E-state index contributed by atoms with van der Waals surface area (Å²) in [5.74, 6) is 1.51. The van der Waals surface area contributed by atoms with Gasteiger partial charge in [0.05, 0.1) is 12.2 Å². The molecule has 1 unspecified atom stereocenters. The van der Waals surface area contributed by atoms with Gasteiger partial charge in [0.25, 0.3) is 0 Å². The molecule has 128 valence electrons. The van der Waals surface area contributed by atoms with Crippen molar-refractivity contribution in [1.29, 1.82) is 0 Å². The molecule has 24 heavy (non-hydrogen) atoms. The lowest BCUT2D eigenvalue weighted by Gasteiger charge is -2.37. The van der Waals surface area contributed by atoms with Crippen molar-refractivity contribution in [2.75, 3.05) is 40.3 Å². The van der Waals surface area contributed by atoms with Crippen molar-refractivity contribution in [2.24, 2.45) is 0 Å². The number of hydrogen-bond donors (Lipinski definition) is 0. The number of benzene rings is 1. The minimum absolute atomic E-state index is 0.0739. The van der Waals surface area contributed by atoms with Crippen LogP contribution in [0.5, 0.6) is 0 Å². The van der Waals surface area contributed by atoms with Gasteiger partial charge in [0.1, 0.15) is 0 Å². The molecule has 0 aliphatic carbocycles. The molecule has 1 aromatic heterocycles. The third kappa shape index (κ3) is 3.43. The Hall–Kier alpha value is -2.34. The maximum Gasteiger partial charge on any atom is 0.319 e. The van der Waals surface area contributed by atoms with Crippen molar-refractivity contribution in [1.82, 2.24) is 19.7 Å². The number of urea groups is 1. The van der Waals surface area contributed by atoms with Crippen LogP contribution in [0.4, 0.5) is 4.79 Å². The van der Waals surface area contributed by atoms with E-state index in [0.717, 1.165) is 43.4 Å². The van der Waals surface area contributed by atoms with E-state index in [1.165, 1.54) is 0 Å². The van der Waals surface area contributed by atoms with Gasteiger partial charge in [-0.25, -0.2) is 9.78 Å². The lowest BCUT2D eigenvalue weighted by Crippen LogP contribution is -2.51. The lowest BCUT2D eigenvalue weighted by atomic mass is 10.2. The van der Waals surface area contributed by atoms with Crippen molar-refractivity contribution in [3.8, 4) is 11.3 Å². The monoisotopic (exact) mass is 328 g/mol. The summed E-state index contributed by atoms with van der Waals surface area (Å²) in [6.45, 7) is 5.21. The summed E-state index contributed by atoms with van der Waals surface area (Å²) in [4.78, 5) is 22.3. The van der Waals surface area contributed by atoms with Crippen LogP contribution in [-0.2, 0) is 0 Å². The Kier molecular flexibility index (Phi) is 4.85. The first kappa shape index (κ1) is 16.5. The van der Waals surface area contributed by atoms with Crippen LogP contribution in [0.15, 0.2) is 40.9 Å². The Balaban J connectivity index is 1.63. The van der Waals surface area contributed by atoms with Gasteiger partial charge < -0.3 is 14.2 Å². The maximum absolute atomic E-state index is 12.0. The number of rotatable bonds is 3. The highest BCUT2D eigenvalue weighted by Gasteiger charge is 2.27. The topological polar surface area (TPSA) is 52.8 Å². The van der Waals surface area contributed by atoms with E-state index in [-0.39, 0.29) is 12.1 Å². The van der Waals surface area contributed by atoms with Gasteiger partial charge in [0.15, 0.2) is 5.76 Å². The standard InChI is InChI=1S/C18H24N4O2/c1-14(21-9-11-22(12-10-21)18(23)20(2)3)17-19-13-16(24-17)15-7-5-4-6-8-15/h4-8,13-14H,9-12H2,1-3H3. The molecule has 0 spiro atoms. The number of nitrogens with zero attached hydrogens (tertiary/aromatic N) is 4. The summed E-state index contributed by atoms with van der Waals surface area (Å²) in [6, 6.07) is 10.2. The second kappa shape index (κ2) is 7.05. The number of aromatic nitrogens is 1. The Bertz CT molecular complexity index is 675. The number of carbonyl (C=O) groups excluding carboxylic acids is 1. The average Bonchev–Trinajstić information content (AvgIpc) is 3.11. The van der Waals surface area contributed by atoms with Crippen LogP contribution in [0.25, 0.3) is 11.3 Å². The number of piperazine rings is 1. The van der Waals surface area contributed by atoms with Gasteiger partial charge in [-0.15, -0.1) is 0 Å². The van der Waals surface area contributed by atoms with Crippen LogP contribution in [0.3, 0.4) is 0 Å². The van der Waals surface area contributed by atoms with Crippen LogP contribution in [0, 0.1) is 0 Å². The summed E-state index contributed by atoms with van der Waals surface area (Å²) in [6.07, 6.45) is 1.78. The molecule has 1 aromatic carbocycles. The maximum atomic E-state index is 12.0. The van der Waals surface area contributed by atoms with E-state index < -0.39 is 0 Å². The summed E-state index contributed by atoms with van der Waals surface area (Å²) < 4.78 is 5.96. The van der Waals surface area contributed by atoms with Crippen molar-refractivity contribution in [2.45, 2.75) is 13.0 Å². The third-order valence-corrected chi connectivity index (χ3v) is 4.45. The highest BCUT2D eigenvalue weighted by Crippen LogP contribution is 2.26. The number of carbonyl (C=O) groups is 1. The van der Waals surface area contributed by atoms with Gasteiger partial charge in [0, 0.05) is 45.8 Å². The summed E-state index contributed by atoms with van der Waals surface area (Å²) >= 11 is 0. The fourth-order valence-corrected chi connectivity index (χ4v) is 2.96. The van der Waals surface area contributed by atoms with Gasteiger partial charge in [-0.3, -0.25) is 4.90 Å². The highest BCUT2D eigenvalue weighted by atomic mass is 16.4. The Labute approximate surface area is 142 Å². The Morgan fingerprint density at radius 1 is 1.17 bits per heavy atom. The molecule has 3 rings (SSSR count). The van der Waals surface area contributed by atoms with E-state index in [1.807, 2.05) is 35.2 Å². The molecule has 1 aliphatic heterocycles. The minimum atomic E-state index is 0.0739. The predicted molar refractivity (Wildman–Crippen MR) is 92.6 cm³/mol. The molecule has 6 nitrogen and oxygen atoms in total. The van der Waals surface area contributed by atoms with Gasteiger partial charge >= 0.3 is 6.03 Å². The molecule has 6 heteroatoms. The first-order chi connectivity index (χ1) is 11.6. The molecule has 2 heterocycles. The van der Waals surface area contributed by atoms with Crippen LogP contribution in [0.1, 0.15) is 18.9 Å². The van der Waals surface area contributed by atoms with Crippen molar-refractivity contribution in [3.63, 3.8) is 0 Å². The summed E-state index contributed by atoms with van der Waals surface area (Å²) in [7, 11) is 3.57. The minimum Gasteiger partial charge on any atom is -0.439 e. The van der Waals surface area contributed by atoms with E-state index in [0.29, 0.717) is 0 Å². The van der Waals surface area contributed by atoms with Crippen molar-refractivity contribution >= 4 is 6.03 Å². The summed E-state index contributed by atoms with van der Waals surface area (Å²) in [5.41, 5.74) is 1.03. The van der Waals surface area contributed by atoms with Crippen LogP contribution < -0.4 is 0 Å². The third-order valence-electron chi connectivity index (χ3n) is 4.45. The number of amides is 2. The fourth-order valence-electron chi connectivity index (χ4n) is 2.96. The molecule has 0 radical (unpaired) electrons. The Morgan fingerprint density at radius 2 is 1.83 bits per heavy atom. The zero-order valence-electron chi connectivity index (χ0n) is 14.5. The van der Waals surface area contributed by atoms with E-state index in [2.05, 4.69) is 16.8 Å². The van der Waals surface area contributed by atoms with E-state index in [1.54, 1.807) is 25.2 Å². The largest absolute Gasteiger partial charge is 0.439 e. The quantitative estimate of drug-likeness (QED) is 0.869. The van der Waals surface area contributed by atoms with Crippen LogP contribution in [-0.4, -0.2) is 66.0 Å². The molecular formula is C18H24N4O2. The molecule has 0 bridgehead atoms. The van der Waals surface area contributed by atoms with E-state index >= 15 is 0 Å². The smallest absolute Gasteiger partial charge is 0.319 e. The van der Waals surface area contributed by atoms with Gasteiger partial charge in [-0.05, 0) is 6.92 Å². The summed E-state index contributed by atoms with van der Waals surface area (Å²) in [5, 5.41) is 0. The SMILES string of the molecule is CC(c1ncc(-c2ccccc2)o1)N1CCN(C(=O)N(C)C)CC1. The van der Waals surface area contributed by atoms with Crippen LogP contribution in [0.2, 0.25) is 0 Å². The number of oxazole rings is 1. The molecule has 1 atom stereocenters. The molecule has 1 aliphatic rings. The highest BCUT2D eigenvalue weighted by molar-refractivity contribution is 5.73. The van der Waals surface area contributed by atoms with Crippen LogP contribution >= 0.6 is 0 Å². The van der Waals surface area contributed by atoms with Crippen molar-refractivity contribution in [3.05, 3.63) is 42.4 Å². The molecule has 2 amide bonds. The lowest BCUT2D eigenvalue weighted by molar-refractivity contribution is 0.0940. The van der Waals surface area contributed by atoms with Gasteiger partial charge in [-0.2, -0.15) is 0 Å². The van der Waals surface area contributed by atoms with E-state index in [4.69, 9.17) is 4.42 Å². The van der Waals surface area contributed by atoms with Crippen molar-refractivity contribution < 1.29 is 9.21 Å². The average molecular weight is 328 g/mol. The van der Waals surface area contributed by atoms with E-state index in [9.17, 15) is 4.79 Å². The molecule has 1 fully saturated rings.